The molecule has 0 aliphatic heterocycles. The largest absolute Gasteiger partial charge is 0.312 e. The number of fused-ring (bicyclic) bond motifs is 1. The van der Waals surface area contributed by atoms with Crippen LogP contribution < -0.4 is 5.32 Å². The van der Waals surface area contributed by atoms with Gasteiger partial charge in [-0.2, -0.15) is 0 Å². The van der Waals surface area contributed by atoms with Crippen LogP contribution in [0.1, 0.15) is 36.5 Å². The van der Waals surface area contributed by atoms with Crippen molar-refractivity contribution in [1.29, 1.82) is 0 Å². The van der Waals surface area contributed by atoms with E-state index in [0.29, 0.717) is 0 Å². The van der Waals surface area contributed by atoms with E-state index < -0.39 is 0 Å². The smallest absolute Gasteiger partial charge is 0.0205 e. The Kier molecular flexibility index (Phi) is 4.17. The summed E-state index contributed by atoms with van der Waals surface area (Å²) >= 11 is 0. The van der Waals surface area contributed by atoms with E-state index in [2.05, 4.69) is 42.6 Å². The molecule has 0 saturated carbocycles. The van der Waals surface area contributed by atoms with E-state index in [1.165, 1.54) is 24.8 Å². The highest BCUT2D eigenvalue weighted by molar-refractivity contribution is 5.35. The van der Waals surface area contributed by atoms with E-state index in [0.717, 1.165) is 19.5 Å². The van der Waals surface area contributed by atoms with Crippen molar-refractivity contribution in [2.75, 3.05) is 6.54 Å². The minimum atomic E-state index is 1.00. The Balaban J connectivity index is 1.81. The van der Waals surface area contributed by atoms with Gasteiger partial charge in [-0.05, 0) is 55.8 Å². The molecule has 1 aliphatic rings. The van der Waals surface area contributed by atoms with Gasteiger partial charge in [0.2, 0.25) is 0 Å². The van der Waals surface area contributed by atoms with Gasteiger partial charge in [-0.15, -0.1) is 0 Å². The topological polar surface area (TPSA) is 12.0 Å². The first-order valence-electron chi connectivity index (χ1n) is 6.32. The molecule has 1 aromatic carbocycles. The first kappa shape index (κ1) is 11.4. The monoisotopic (exact) mass is 215 g/mol. The SMILES string of the molecule is C/C=C/CCNCc1ccc2c(c1)CCC2. The molecule has 86 valence electrons. The van der Waals surface area contributed by atoms with Gasteiger partial charge in [-0.3, -0.25) is 0 Å². The number of rotatable bonds is 5. The van der Waals surface area contributed by atoms with Crippen molar-refractivity contribution in [3.8, 4) is 0 Å². The molecule has 0 spiro atoms. The predicted octanol–water partition coefficient (Wildman–Crippen LogP) is 3.23. The van der Waals surface area contributed by atoms with Crippen molar-refractivity contribution >= 4 is 0 Å². The Bertz CT molecular complexity index is 366. The first-order chi connectivity index (χ1) is 7.90. The highest BCUT2D eigenvalue weighted by Gasteiger charge is 2.10. The zero-order valence-electron chi connectivity index (χ0n) is 10.1. The third-order valence-electron chi connectivity index (χ3n) is 3.22. The number of hydrogen-bond donors (Lipinski definition) is 1. The maximum absolute atomic E-state index is 3.48. The van der Waals surface area contributed by atoms with E-state index in [9.17, 15) is 0 Å². The van der Waals surface area contributed by atoms with Crippen LogP contribution in [0, 0.1) is 0 Å². The van der Waals surface area contributed by atoms with Crippen molar-refractivity contribution in [2.45, 2.75) is 39.2 Å². The van der Waals surface area contributed by atoms with Crippen LogP contribution in [0.2, 0.25) is 0 Å². The quantitative estimate of drug-likeness (QED) is 0.587. The lowest BCUT2D eigenvalue weighted by atomic mass is 10.1. The lowest BCUT2D eigenvalue weighted by Gasteiger charge is -2.06. The molecule has 1 N–H and O–H groups in total. The molecule has 0 radical (unpaired) electrons. The van der Waals surface area contributed by atoms with E-state index in [-0.39, 0.29) is 0 Å². The molecule has 1 aliphatic carbocycles. The van der Waals surface area contributed by atoms with Crippen LogP contribution in [0.3, 0.4) is 0 Å². The third kappa shape index (κ3) is 2.96. The minimum absolute atomic E-state index is 1.00. The molecule has 0 saturated heterocycles. The summed E-state index contributed by atoms with van der Waals surface area (Å²) in [5.74, 6) is 0. The predicted molar refractivity (Wildman–Crippen MR) is 69.6 cm³/mol. The molecular formula is C15H21N. The molecule has 0 atom stereocenters. The van der Waals surface area contributed by atoms with Gasteiger partial charge in [-0.1, -0.05) is 30.4 Å². The van der Waals surface area contributed by atoms with Crippen molar-refractivity contribution < 1.29 is 0 Å². The molecule has 16 heavy (non-hydrogen) atoms. The number of aryl methyl sites for hydroxylation is 2. The summed E-state index contributed by atoms with van der Waals surface area (Å²) in [6, 6.07) is 6.96. The van der Waals surface area contributed by atoms with Crippen molar-refractivity contribution in [2.24, 2.45) is 0 Å². The lowest BCUT2D eigenvalue weighted by Crippen LogP contribution is -2.14. The number of allylic oxidation sites excluding steroid dienone is 1. The number of nitrogens with one attached hydrogen (secondary N) is 1. The summed E-state index contributed by atoms with van der Waals surface area (Å²) in [6.45, 7) is 4.15. The first-order valence-corrected chi connectivity index (χ1v) is 6.32. The standard InChI is InChI=1S/C15H21N/c1-2-3-4-10-16-12-13-8-9-14-6-5-7-15(14)11-13/h2-3,8-9,11,16H,4-7,10,12H2,1H3/b3-2+. The number of benzene rings is 1. The summed E-state index contributed by atoms with van der Waals surface area (Å²) in [4.78, 5) is 0. The van der Waals surface area contributed by atoms with E-state index in [4.69, 9.17) is 0 Å². The van der Waals surface area contributed by atoms with Crippen LogP contribution in [-0.2, 0) is 19.4 Å². The molecule has 0 heterocycles. The second kappa shape index (κ2) is 5.86. The lowest BCUT2D eigenvalue weighted by molar-refractivity contribution is 0.694. The van der Waals surface area contributed by atoms with E-state index >= 15 is 0 Å². The summed E-state index contributed by atoms with van der Waals surface area (Å²) < 4.78 is 0. The molecule has 1 nitrogen and oxygen atoms in total. The van der Waals surface area contributed by atoms with Crippen LogP contribution in [0.15, 0.2) is 30.4 Å². The average Bonchev–Trinajstić information content (AvgIpc) is 2.76. The highest BCUT2D eigenvalue weighted by atomic mass is 14.8. The fourth-order valence-electron chi connectivity index (χ4n) is 2.32. The van der Waals surface area contributed by atoms with Gasteiger partial charge in [0.1, 0.15) is 0 Å². The maximum atomic E-state index is 3.48. The van der Waals surface area contributed by atoms with Crippen LogP contribution in [0.5, 0.6) is 0 Å². The molecule has 0 aromatic heterocycles. The fraction of sp³-hybridized carbons (Fsp3) is 0.467. The third-order valence-corrected chi connectivity index (χ3v) is 3.22. The van der Waals surface area contributed by atoms with Gasteiger partial charge in [0, 0.05) is 6.54 Å². The fourth-order valence-corrected chi connectivity index (χ4v) is 2.32. The average molecular weight is 215 g/mol. The van der Waals surface area contributed by atoms with Gasteiger partial charge in [0.25, 0.3) is 0 Å². The Morgan fingerprint density at radius 1 is 1.25 bits per heavy atom. The molecule has 0 bridgehead atoms. The van der Waals surface area contributed by atoms with Gasteiger partial charge in [-0.25, -0.2) is 0 Å². The van der Waals surface area contributed by atoms with Crippen molar-refractivity contribution in [3.63, 3.8) is 0 Å². The molecule has 0 unspecified atom stereocenters. The Morgan fingerprint density at radius 2 is 2.12 bits per heavy atom. The normalized spacial score (nSPS) is 14.6. The highest BCUT2D eigenvalue weighted by Crippen LogP contribution is 2.22. The van der Waals surface area contributed by atoms with Gasteiger partial charge >= 0.3 is 0 Å². The Morgan fingerprint density at radius 3 is 3.00 bits per heavy atom. The number of hydrogen-bond acceptors (Lipinski definition) is 1. The second-order valence-corrected chi connectivity index (χ2v) is 4.49. The molecule has 2 rings (SSSR count). The van der Waals surface area contributed by atoms with Crippen LogP contribution in [0.25, 0.3) is 0 Å². The van der Waals surface area contributed by atoms with Gasteiger partial charge < -0.3 is 5.32 Å². The zero-order valence-corrected chi connectivity index (χ0v) is 10.1. The van der Waals surface area contributed by atoms with Crippen LogP contribution in [-0.4, -0.2) is 6.54 Å². The van der Waals surface area contributed by atoms with Crippen LogP contribution in [0.4, 0.5) is 0 Å². The van der Waals surface area contributed by atoms with Crippen LogP contribution >= 0.6 is 0 Å². The maximum Gasteiger partial charge on any atom is 0.0205 e. The van der Waals surface area contributed by atoms with Gasteiger partial charge in [0.05, 0.1) is 0 Å². The molecule has 0 amide bonds. The second-order valence-electron chi connectivity index (χ2n) is 4.49. The van der Waals surface area contributed by atoms with Crippen molar-refractivity contribution in [1.82, 2.24) is 5.32 Å². The minimum Gasteiger partial charge on any atom is -0.312 e. The van der Waals surface area contributed by atoms with Gasteiger partial charge in [0.15, 0.2) is 0 Å². The molecule has 1 aromatic rings. The zero-order chi connectivity index (χ0) is 11.2. The van der Waals surface area contributed by atoms with E-state index in [1.807, 2.05) is 0 Å². The molecular weight excluding hydrogens is 194 g/mol. The Hall–Kier alpha value is -1.08. The molecule has 0 fully saturated rings. The summed E-state index contributed by atoms with van der Waals surface area (Å²) in [7, 11) is 0. The summed E-state index contributed by atoms with van der Waals surface area (Å²) in [5, 5.41) is 3.48. The van der Waals surface area contributed by atoms with Crippen molar-refractivity contribution in [3.05, 3.63) is 47.0 Å². The summed E-state index contributed by atoms with van der Waals surface area (Å²) in [6.07, 6.45) is 9.34. The summed E-state index contributed by atoms with van der Waals surface area (Å²) in [5.41, 5.74) is 4.58. The van der Waals surface area contributed by atoms with E-state index in [1.54, 1.807) is 11.1 Å². The Labute approximate surface area is 98.6 Å². The molecule has 1 heteroatoms.